The predicted octanol–water partition coefficient (Wildman–Crippen LogP) is 2.65. The maximum absolute atomic E-state index is 5.44. The van der Waals surface area contributed by atoms with Crippen LogP contribution in [0.3, 0.4) is 0 Å². The Morgan fingerprint density at radius 2 is 2.18 bits per heavy atom. The van der Waals surface area contributed by atoms with Crippen LogP contribution in [0.5, 0.6) is 5.75 Å². The van der Waals surface area contributed by atoms with Gasteiger partial charge in [0, 0.05) is 12.6 Å². The van der Waals surface area contributed by atoms with Gasteiger partial charge in [-0.15, -0.1) is 10.2 Å². The fourth-order valence-electron chi connectivity index (χ4n) is 3.28. The van der Waals surface area contributed by atoms with E-state index in [9.17, 15) is 0 Å². The number of aryl methyl sites for hydroxylation is 1. The zero-order chi connectivity index (χ0) is 15.5. The van der Waals surface area contributed by atoms with E-state index >= 15 is 0 Å². The molecule has 0 aliphatic carbocycles. The lowest BCUT2D eigenvalue weighted by atomic mass is 10.0. The van der Waals surface area contributed by atoms with E-state index in [0.29, 0.717) is 12.1 Å². The van der Waals surface area contributed by atoms with Gasteiger partial charge in [0.15, 0.2) is 0 Å². The number of ether oxygens (including phenoxy) is 1. The zero-order valence-electron chi connectivity index (χ0n) is 13.5. The average Bonchev–Trinajstić information content (AvgIpc) is 2.90. The lowest BCUT2D eigenvalue weighted by molar-refractivity contribution is 0.348. The third-order valence-corrected chi connectivity index (χ3v) is 4.35. The van der Waals surface area contributed by atoms with Crippen molar-refractivity contribution in [3.05, 3.63) is 41.5 Å². The lowest BCUT2D eigenvalue weighted by Gasteiger charge is -2.27. The summed E-state index contributed by atoms with van der Waals surface area (Å²) in [5, 5.41) is 12.3. The van der Waals surface area contributed by atoms with Gasteiger partial charge in [-0.05, 0) is 44.7 Å². The molecule has 5 heteroatoms. The molecule has 3 rings (SSSR count). The molecule has 1 aromatic carbocycles. The number of benzene rings is 1. The zero-order valence-corrected chi connectivity index (χ0v) is 13.5. The fourth-order valence-corrected chi connectivity index (χ4v) is 3.28. The highest BCUT2D eigenvalue weighted by Gasteiger charge is 2.25. The molecule has 1 aliphatic heterocycles. The molecule has 0 spiro atoms. The van der Waals surface area contributed by atoms with Gasteiger partial charge >= 0.3 is 0 Å². The molecule has 0 amide bonds. The molecule has 0 saturated heterocycles. The summed E-state index contributed by atoms with van der Waals surface area (Å²) in [6.07, 6.45) is 3.23. The largest absolute Gasteiger partial charge is 0.496 e. The molecule has 1 aromatic heterocycles. The summed E-state index contributed by atoms with van der Waals surface area (Å²) in [5.41, 5.74) is 1.23. The first-order chi connectivity index (χ1) is 10.7. The summed E-state index contributed by atoms with van der Waals surface area (Å²) in [7, 11) is 1.73. The van der Waals surface area contributed by atoms with E-state index in [2.05, 4.69) is 39.1 Å². The highest BCUT2D eigenvalue weighted by atomic mass is 16.5. The molecule has 0 fully saturated rings. The number of hydrogen-bond donors (Lipinski definition) is 1. The van der Waals surface area contributed by atoms with Gasteiger partial charge in [0.1, 0.15) is 17.4 Å². The average molecular weight is 300 g/mol. The number of methoxy groups -OCH3 is 1. The number of hydrogen-bond acceptors (Lipinski definition) is 4. The highest BCUT2D eigenvalue weighted by Crippen LogP contribution is 2.25. The summed E-state index contributed by atoms with van der Waals surface area (Å²) in [5.74, 6) is 3.05. The Morgan fingerprint density at radius 1 is 1.36 bits per heavy atom. The van der Waals surface area contributed by atoms with Gasteiger partial charge in [0.05, 0.1) is 13.2 Å². The Bertz CT molecular complexity index is 637. The van der Waals surface area contributed by atoms with E-state index in [0.717, 1.165) is 36.8 Å². The minimum Gasteiger partial charge on any atom is -0.496 e. The Hall–Kier alpha value is -1.88. The summed E-state index contributed by atoms with van der Waals surface area (Å²) in [4.78, 5) is 0. The van der Waals surface area contributed by atoms with Gasteiger partial charge in [0.25, 0.3) is 0 Å². The second kappa shape index (κ2) is 6.48. The standard InChI is InChI=1S/C17H24N4O/c1-12(11-14-7-4-5-9-16(14)22-3)18-15-8-6-10-21-13(2)19-20-17(15)21/h4-5,7,9,12,15,18H,6,8,10-11H2,1-3H3. The third-order valence-electron chi connectivity index (χ3n) is 4.35. The molecule has 5 nitrogen and oxygen atoms in total. The molecular formula is C17H24N4O. The Labute approximate surface area is 131 Å². The number of para-hydroxylation sites is 1. The van der Waals surface area contributed by atoms with Crippen molar-refractivity contribution in [1.29, 1.82) is 0 Å². The van der Waals surface area contributed by atoms with Crippen LogP contribution in [-0.2, 0) is 13.0 Å². The van der Waals surface area contributed by atoms with Gasteiger partial charge in [-0.25, -0.2) is 0 Å². The van der Waals surface area contributed by atoms with Crippen LogP contribution in [-0.4, -0.2) is 27.9 Å². The molecular weight excluding hydrogens is 276 g/mol. The van der Waals surface area contributed by atoms with Crippen LogP contribution in [0.1, 0.15) is 43.0 Å². The molecule has 2 aromatic rings. The second-order valence-corrected chi connectivity index (χ2v) is 6.04. The molecule has 0 bridgehead atoms. The van der Waals surface area contributed by atoms with Gasteiger partial charge in [-0.2, -0.15) is 0 Å². The summed E-state index contributed by atoms with van der Waals surface area (Å²) >= 11 is 0. The second-order valence-electron chi connectivity index (χ2n) is 6.04. The topological polar surface area (TPSA) is 52.0 Å². The third kappa shape index (κ3) is 2.99. The molecule has 2 atom stereocenters. The minimum absolute atomic E-state index is 0.291. The van der Waals surface area contributed by atoms with Crippen LogP contribution in [0, 0.1) is 6.92 Å². The van der Waals surface area contributed by atoms with Crippen molar-refractivity contribution >= 4 is 0 Å². The van der Waals surface area contributed by atoms with E-state index in [4.69, 9.17) is 4.74 Å². The van der Waals surface area contributed by atoms with Crippen molar-refractivity contribution in [3.63, 3.8) is 0 Å². The van der Waals surface area contributed by atoms with E-state index in [1.807, 2.05) is 19.1 Å². The van der Waals surface area contributed by atoms with Crippen LogP contribution in [0.15, 0.2) is 24.3 Å². The van der Waals surface area contributed by atoms with Gasteiger partial charge < -0.3 is 14.6 Å². The summed E-state index contributed by atoms with van der Waals surface area (Å²) in [6.45, 7) is 5.28. The lowest BCUT2D eigenvalue weighted by Crippen LogP contribution is -2.36. The van der Waals surface area contributed by atoms with Crippen LogP contribution in [0.25, 0.3) is 0 Å². The Balaban J connectivity index is 1.69. The smallest absolute Gasteiger partial charge is 0.150 e. The maximum atomic E-state index is 5.44. The van der Waals surface area contributed by atoms with Crippen molar-refractivity contribution in [2.75, 3.05) is 7.11 Å². The number of nitrogens with one attached hydrogen (secondary N) is 1. The molecule has 0 saturated carbocycles. The molecule has 1 aliphatic rings. The SMILES string of the molecule is COc1ccccc1CC(C)NC1CCCn2c(C)nnc21. The van der Waals surface area contributed by atoms with E-state index < -0.39 is 0 Å². The molecule has 0 radical (unpaired) electrons. The van der Waals surface area contributed by atoms with E-state index in [-0.39, 0.29) is 0 Å². The predicted molar refractivity (Wildman–Crippen MR) is 86.0 cm³/mol. The Kier molecular flexibility index (Phi) is 4.43. The quantitative estimate of drug-likeness (QED) is 0.922. The van der Waals surface area contributed by atoms with Crippen LogP contribution in [0.2, 0.25) is 0 Å². The van der Waals surface area contributed by atoms with Crippen LogP contribution in [0.4, 0.5) is 0 Å². The van der Waals surface area contributed by atoms with Crippen molar-refractivity contribution < 1.29 is 4.74 Å². The summed E-state index contributed by atoms with van der Waals surface area (Å²) in [6, 6.07) is 8.86. The number of rotatable bonds is 5. The van der Waals surface area contributed by atoms with Crippen LogP contribution >= 0.6 is 0 Å². The molecule has 1 N–H and O–H groups in total. The van der Waals surface area contributed by atoms with Crippen molar-refractivity contribution in [1.82, 2.24) is 20.1 Å². The van der Waals surface area contributed by atoms with Crippen molar-refractivity contribution in [3.8, 4) is 5.75 Å². The Morgan fingerprint density at radius 3 is 3.00 bits per heavy atom. The summed E-state index contributed by atoms with van der Waals surface area (Å²) < 4.78 is 7.67. The fraction of sp³-hybridized carbons (Fsp3) is 0.529. The van der Waals surface area contributed by atoms with Crippen molar-refractivity contribution in [2.45, 2.75) is 51.7 Å². The van der Waals surface area contributed by atoms with E-state index in [1.165, 1.54) is 12.0 Å². The maximum Gasteiger partial charge on any atom is 0.150 e. The number of fused-ring (bicyclic) bond motifs is 1. The first-order valence-electron chi connectivity index (χ1n) is 7.96. The van der Waals surface area contributed by atoms with Gasteiger partial charge in [0.2, 0.25) is 0 Å². The number of aromatic nitrogens is 3. The number of nitrogens with zero attached hydrogens (tertiary/aromatic N) is 3. The van der Waals surface area contributed by atoms with E-state index in [1.54, 1.807) is 7.11 Å². The monoisotopic (exact) mass is 300 g/mol. The first kappa shape index (κ1) is 15.0. The molecule has 2 unspecified atom stereocenters. The van der Waals surface area contributed by atoms with Gasteiger partial charge in [-0.3, -0.25) is 0 Å². The molecule has 2 heterocycles. The normalized spacial score (nSPS) is 18.8. The molecule has 22 heavy (non-hydrogen) atoms. The van der Waals surface area contributed by atoms with Crippen molar-refractivity contribution in [2.24, 2.45) is 0 Å². The van der Waals surface area contributed by atoms with Gasteiger partial charge in [-0.1, -0.05) is 18.2 Å². The minimum atomic E-state index is 0.291. The highest BCUT2D eigenvalue weighted by molar-refractivity contribution is 5.33. The molecule has 118 valence electrons. The first-order valence-corrected chi connectivity index (χ1v) is 7.96. The van der Waals surface area contributed by atoms with Crippen LogP contribution < -0.4 is 10.1 Å².